The fraction of sp³-hybridized carbons (Fsp3) is 0.0667. The minimum atomic E-state index is -0.973. The van der Waals surface area contributed by atoms with Crippen LogP contribution < -0.4 is 5.32 Å². The normalized spacial score (nSPS) is 10.1. The average Bonchev–Trinajstić information content (AvgIpc) is 2.45. The number of carboxylic acids is 1. The van der Waals surface area contributed by atoms with E-state index in [1.54, 1.807) is 36.4 Å². The van der Waals surface area contributed by atoms with Gasteiger partial charge in [-0.15, -0.1) is 0 Å². The average molecular weight is 290 g/mol. The Morgan fingerprint density at radius 3 is 2.35 bits per heavy atom. The van der Waals surface area contributed by atoms with Gasteiger partial charge in [-0.1, -0.05) is 29.8 Å². The number of carboxylic acid groups (broad SMARTS) is 1. The van der Waals surface area contributed by atoms with E-state index in [1.807, 2.05) is 0 Å². The number of nitrogens with one attached hydrogen (secondary N) is 1. The highest BCUT2D eigenvalue weighted by molar-refractivity contribution is 6.30. The van der Waals surface area contributed by atoms with Crippen LogP contribution in [0, 0.1) is 0 Å². The highest BCUT2D eigenvalue weighted by atomic mass is 35.5. The number of hydrogen-bond acceptors (Lipinski definition) is 2. The number of rotatable bonds is 4. The van der Waals surface area contributed by atoms with Gasteiger partial charge in [-0.05, 0) is 35.9 Å². The standard InChI is InChI=1S/C15H12ClNO3/c16-13-3-1-2-12(8-13)14(18)17-9-10-4-6-11(7-5-10)15(19)20/h1-8H,9H2,(H,17,18)(H,19,20). The Morgan fingerprint density at radius 1 is 1.05 bits per heavy atom. The number of aromatic carboxylic acids is 1. The van der Waals surface area contributed by atoms with E-state index in [4.69, 9.17) is 16.7 Å². The molecular weight excluding hydrogens is 278 g/mol. The van der Waals surface area contributed by atoms with Crippen molar-refractivity contribution in [2.75, 3.05) is 0 Å². The summed E-state index contributed by atoms with van der Waals surface area (Å²) in [6.07, 6.45) is 0. The van der Waals surface area contributed by atoms with Crippen molar-refractivity contribution in [2.45, 2.75) is 6.54 Å². The lowest BCUT2D eigenvalue weighted by Gasteiger charge is -2.06. The number of amides is 1. The van der Waals surface area contributed by atoms with Crippen LogP contribution in [0.4, 0.5) is 0 Å². The maximum Gasteiger partial charge on any atom is 0.335 e. The molecule has 102 valence electrons. The van der Waals surface area contributed by atoms with Crippen molar-refractivity contribution in [1.29, 1.82) is 0 Å². The maximum atomic E-state index is 11.9. The second kappa shape index (κ2) is 6.21. The Balaban J connectivity index is 1.98. The quantitative estimate of drug-likeness (QED) is 0.909. The SMILES string of the molecule is O=C(O)c1ccc(CNC(=O)c2cccc(Cl)c2)cc1. The van der Waals surface area contributed by atoms with Crippen LogP contribution in [0.1, 0.15) is 26.3 Å². The molecule has 20 heavy (non-hydrogen) atoms. The third-order valence-corrected chi connectivity index (χ3v) is 2.98. The molecule has 0 aromatic heterocycles. The van der Waals surface area contributed by atoms with Gasteiger partial charge in [-0.3, -0.25) is 4.79 Å². The molecule has 2 rings (SSSR count). The van der Waals surface area contributed by atoms with Crippen molar-refractivity contribution in [3.63, 3.8) is 0 Å². The van der Waals surface area contributed by atoms with E-state index in [-0.39, 0.29) is 11.5 Å². The summed E-state index contributed by atoms with van der Waals surface area (Å²) in [5.74, 6) is -1.20. The smallest absolute Gasteiger partial charge is 0.335 e. The molecular formula is C15H12ClNO3. The van der Waals surface area contributed by atoms with Crippen molar-refractivity contribution in [1.82, 2.24) is 5.32 Å². The summed E-state index contributed by atoms with van der Waals surface area (Å²) < 4.78 is 0. The largest absolute Gasteiger partial charge is 0.478 e. The van der Waals surface area contributed by atoms with Crippen molar-refractivity contribution in [2.24, 2.45) is 0 Å². The molecule has 0 radical (unpaired) electrons. The van der Waals surface area contributed by atoms with Gasteiger partial charge in [0.2, 0.25) is 0 Å². The van der Waals surface area contributed by atoms with Crippen LogP contribution in [-0.4, -0.2) is 17.0 Å². The van der Waals surface area contributed by atoms with E-state index in [0.717, 1.165) is 5.56 Å². The van der Waals surface area contributed by atoms with Crippen LogP contribution in [0.5, 0.6) is 0 Å². The molecule has 2 aromatic rings. The van der Waals surface area contributed by atoms with E-state index in [0.29, 0.717) is 17.1 Å². The molecule has 0 fully saturated rings. The van der Waals surface area contributed by atoms with Crippen LogP contribution in [0.2, 0.25) is 5.02 Å². The molecule has 0 atom stereocenters. The Kier molecular flexibility index (Phi) is 4.38. The molecule has 5 heteroatoms. The van der Waals surface area contributed by atoms with Gasteiger partial charge in [0.1, 0.15) is 0 Å². The minimum Gasteiger partial charge on any atom is -0.478 e. The Morgan fingerprint density at radius 2 is 1.75 bits per heavy atom. The lowest BCUT2D eigenvalue weighted by molar-refractivity contribution is 0.0696. The zero-order valence-corrected chi connectivity index (χ0v) is 11.2. The molecule has 2 aromatic carbocycles. The van der Waals surface area contributed by atoms with E-state index in [2.05, 4.69) is 5.32 Å². The molecule has 2 N–H and O–H groups in total. The molecule has 0 saturated heterocycles. The number of carbonyl (C=O) groups excluding carboxylic acids is 1. The number of carbonyl (C=O) groups is 2. The van der Waals surface area contributed by atoms with Gasteiger partial charge >= 0.3 is 5.97 Å². The van der Waals surface area contributed by atoms with Crippen LogP contribution in [0.15, 0.2) is 48.5 Å². The van der Waals surface area contributed by atoms with E-state index in [9.17, 15) is 9.59 Å². The van der Waals surface area contributed by atoms with Crippen molar-refractivity contribution in [3.05, 3.63) is 70.2 Å². The van der Waals surface area contributed by atoms with Gasteiger partial charge in [-0.2, -0.15) is 0 Å². The van der Waals surface area contributed by atoms with Gasteiger partial charge in [0.05, 0.1) is 5.56 Å². The van der Waals surface area contributed by atoms with Crippen LogP contribution in [0.3, 0.4) is 0 Å². The summed E-state index contributed by atoms with van der Waals surface area (Å²) in [6, 6.07) is 13.0. The third kappa shape index (κ3) is 3.59. The fourth-order valence-corrected chi connectivity index (χ4v) is 1.87. The Labute approximate surface area is 121 Å². The molecule has 0 aliphatic rings. The highest BCUT2D eigenvalue weighted by Gasteiger charge is 2.06. The predicted molar refractivity (Wildman–Crippen MR) is 76.0 cm³/mol. The van der Waals surface area contributed by atoms with Gasteiger partial charge in [0.25, 0.3) is 5.91 Å². The molecule has 4 nitrogen and oxygen atoms in total. The molecule has 0 unspecified atom stereocenters. The van der Waals surface area contributed by atoms with Gasteiger partial charge in [-0.25, -0.2) is 4.79 Å². The summed E-state index contributed by atoms with van der Waals surface area (Å²) in [7, 11) is 0. The summed E-state index contributed by atoms with van der Waals surface area (Å²) in [4.78, 5) is 22.6. The Hall–Kier alpha value is -2.33. The predicted octanol–water partition coefficient (Wildman–Crippen LogP) is 2.97. The molecule has 0 heterocycles. The van der Waals surface area contributed by atoms with Crippen LogP contribution in [-0.2, 0) is 6.54 Å². The summed E-state index contributed by atoms with van der Waals surface area (Å²) in [5, 5.41) is 12.0. The number of halogens is 1. The van der Waals surface area contributed by atoms with Crippen molar-refractivity contribution in [3.8, 4) is 0 Å². The molecule has 0 saturated carbocycles. The second-order valence-corrected chi connectivity index (χ2v) is 4.63. The van der Waals surface area contributed by atoms with E-state index >= 15 is 0 Å². The first-order valence-electron chi connectivity index (χ1n) is 5.92. The third-order valence-electron chi connectivity index (χ3n) is 2.74. The highest BCUT2D eigenvalue weighted by Crippen LogP contribution is 2.11. The molecule has 0 bridgehead atoms. The van der Waals surface area contributed by atoms with Gasteiger partial charge in [0, 0.05) is 17.1 Å². The molecule has 0 spiro atoms. The molecule has 0 aliphatic heterocycles. The summed E-state index contributed by atoms with van der Waals surface area (Å²) >= 11 is 5.82. The van der Waals surface area contributed by atoms with Gasteiger partial charge in [0.15, 0.2) is 0 Å². The van der Waals surface area contributed by atoms with Crippen LogP contribution >= 0.6 is 11.6 Å². The summed E-state index contributed by atoms with van der Waals surface area (Å²) in [6.45, 7) is 0.325. The first-order valence-corrected chi connectivity index (χ1v) is 6.30. The monoisotopic (exact) mass is 289 g/mol. The molecule has 0 aliphatic carbocycles. The lowest BCUT2D eigenvalue weighted by Crippen LogP contribution is -2.22. The lowest BCUT2D eigenvalue weighted by atomic mass is 10.1. The van der Waals surface area contributed by atoms with Crippen molar-refractivity contribution >= 4 is 23.5 Å². The minimum absolute atomic E-state index is 0.218. The summed E-state index contributed by atoms with van der Waals surface area (Å²) in [5.41, 5.74) is 1.53. The topological polar surface area (TPSA) is 66.4 Å². The first kappa shape index (κ1) is 14.1. The van der Waals surface area contributed by atoms with Gasteiger partial charge < -0.3 is 10.4 Å². The fourth-order valence-electron chi connectivity index (χ4n) is 1.68. The number of hydrogen-bond donors (Lipinski definition) is 2. The zero-order valence-electron chi connectivity index (χ0n) is 10.5. The first-order chi connectivity index (χ1) is 9.56. The Bertz CT molecular complexity index is 638. The van der Waals surface area contributed by atoms with Crippen LogP contribution in [0.25, 0.3) is 0 Å². The maximum absolute atomic E-state index is 11.9. The van der Waals surface area contributed by atoms with E-state index in [1.165, 1.54) is 12.1 Å². The van der Waals surface area contributed by atoms with E-state index < -0.39 is 5.97 Å². The zero-order chi connectivity index (χ0) is 14.5. The van der Waals surface area contributed by atoms with Crippen molar-refractivity contribution < 1.29 is 14.7 Å². The number of benzene rings is 2. The second-order valence-electron chi connectivity index (χ2n) is 4.20. The molecule has 1 amide bonds.